The molecule has 1 aromatic carbocycles. The Bertz CT molecular complexity index is 1020. The molecular weight excluding hydrogens is 471 g/mol. The summed E-state index contributed by atoms with van der Waals surface area (Å²) in [5, 5.41) is 0.293. The van der Waals surface area contributed by atoms with E-state index in [1.54, 1.807) is 23.1 Å². The molecule has 0 aliphatic carbocycles. The zero-order chi connectivity index (χ0) is 21.9. The van der Waals surface area contributed by atoms with Crippen LogP contribution in [-0.4, -0.2) is 63.4 Å². The van der Waals surface area contributed by atoms with E-state index in [0.29, 0.717) is 33.0 Å². The molecule has 164 valence electrons. The zero-order valence-electron chi connectivity index (χ0n) is 16.6. The highest BCUT2D eigenvalue weighted by Gasteiger charge is 2.32. The number of sulfonamides is 1. The maximum atomic E-state index is 13.0. The molecule has 7 nitrogen and oxygen atoms in total. The SMILES string of the molecule is CCCOc1c(Cl)cc(C(=O)N2CCN(S(=O)(=O)c3ccc(Cl)s3)CC2)cc1OC. The molecule has 11 heteroatoms. The van der Waals surface area contributed by atoms with E-state index in [0.717, 1.165) is 17.8 Å². The number of halogens is 2. The Balaban J connectivity index is 1.71. The number of rotatable bonds is 7. The molecular formula is C19H22Cl2N2O5S2. The van der Waals surface area contributed by atoms with Crippen LogP contribution in [0.25, 0.3) is 0 Å². The van der Waals surface area contributed by atoms with Gasteiger partial charge in [-0.2, -0.15) is 4.31 Å². The van der Waals surface area contributed by atoms with E-state index in [1.807, 2.05) is 6.92 Å². The van der Waals surface area contributed by atoms with Crippen LogP contribution in [-0.2, 0) is 10.0 Å². The van der Waals surface area contributed by atoms with Gasteiger partial charge in [0.1, 0.15) is 4.21 Å². The number of carbonyl (C=O) groups excluding carboxylic acids is 1. The summed E-state index contributed by atoms with van der Waals surface area (Å²) in [6.07, 6.45) is 0.811. The number of hydrogen-bond acceptors (Lipinski definition) is 6. The second-order valence-corrected chi connectivity index (χ2v) is 10.9. The number of methoxy groups -OCH3 is 1. The number of thiophene rings is 1. The van der Waals surface area contributed by atoms with Crippen LogP contribution in [0.3, 0.4) is 0 Å². The lowest BCUT2D eigenvalue weighted by molar-refractivity contribution is 0.0697. The second-order valence-electron chi connectivity index (χ2n) is 6.59. The number of carbonyl (C=O) groups is 1. The molecule has 2 aromatic rings. The predicted octanol–water partition coefficient (Wildman–Crippen LogP) is 4.00. The average molecular weight is 493 g/mol. The monoisotopic (exact) mass is 492 g/mol. The lowest BCUT2D eigenvalue weighted by Crippen LogP contribution is -2.50. The topological polar surface area (TPSA) is 76.2 Å². The Labute approximate surface area is 190 Å². The van der Waals surface area contributed by atoms with Gasteiger partial charge in [-0.05, 0) is 30.7 Å². The standard InChI is InChI=1S/C19H22Cl2N2O5S2/c1-3-10-28-18-14(20)11-13(12-15(18)27-2)19(24)22-6-8-23(9-7-22)30(25,26)17-5-4-16(21)29-17/h4-5,11-12H,3,6-10H2,1-2H3. The van der Waals surface area contributed by atoms with Crippen LogP contribution in [0.1, 0.15) is 23.7 Å². The molecule has 0 saturated carbocycles. The van der Waals surface area contributed by atoms with Crippen molar-refractivity contribution in [1.29, 1.82) is 0 Å². The third-order valence-electron chi connectivity index (χ3n) is 4.60. The van der Waals surface area contributed by atoms with Gasteiger partial charge in [-0.3, -0.25) is 4.79 Å². The summed E-state index contributed by atoms with van der Waals surface area (Å²) in [5.74, 6) is 0.548. The Morgan fingerprint density at radius 1 is 1.17 bits per heavy atom. The molecule has 1 aromatic heterocycles. The van der Waals surface area contributed by atoms with Gasteiger partial charge in [0.25, 0.3) is 15.9 Å². The van der Waals surface area contributed by atoms with Gasteiger partial charge >= 0.3 is 0 Å². The van der Waals surface area contributed by atoms with Crippen molar-refractivity contribution in [3.8, 4) is 11.5 Å². The number of hydrogen-bond donors (Lipinski definition) is 0. The van der Waals surface area contributed by atoms with Crippen molar-refractivity contribution in [2.45, 2.75) is 17.6 Å². The normalized spacial score (nSPS) is 15.3. The first-order chi connectivity index (χ1) is 14.3. The number of ether oxygens (including phenoxy) is 2. The van der Waals surface area contributed by atoms with E-state index >= 15 is 0 Å². The molecule has 2 heterocycles. The summed E-state index contributed by atoms with van der Waals surface area (Å²) in [5.41, 5.74) is 0.363. The van der Waals surface area contributed by atoms with E-state index in [1.165, 1.54) is 17.5 Å². The minimum Gasteiger partial charge on any atom is -0.493 e. The molecule has 0 bridgehead atoms. The van der Waals surface area contributed by atoms with E-state index in [9.17, 15) is 13.2 Å². The fourth-order valence-electron chi connectivity index (χ4n) is 3.07. The summed E-state index contributed by atoms with van der Waals surface area (Å²) in [4.78, 5) is 14.6. The Morgan fingerprint density at radius 3 is 2.43 bits per heavy atom. The van der Waals surface area contributed by atoms with Crippen molar-refractivity contribution in [1.82, 2.24) is 9.21 Å². The van der Waals surface area contributed by atoms with Crippen molar-refractivity contribution in [3.63, 3.8) is 0 Å². The summed E-state index contributed by atoms with van der Waals surface area (Å²) < 4.78 is 38.4. The number of nitrogens with zero attached hydrogens (tertiary/aromatic N) is 2. The summed E-state index contributed by atoms with van der Waals surface area (Å²) in [6.45, 7) is 3.40. The maximum absolute atomic E-state index is 13.0. The number of piperazine rings is 1. The lowest BCUT2D eigenvalue weighted by atomic mass is 10.1. The fourth-order valence-corrected chi connectivity index (χ4v) is 6.39. The van der Waals surface area contributed by atoms with Gasteiger partial charge in [0.05, 0.1) is 23.1 Å². The minimum absolute atomic E-state index is 0.200. The molecule has 3 rings (SSSR count). The van der Waals surface area contributed by atoms with Gasteiger partial charge in [0.2, 0.25) is 0 Å². The molecule has 1 fully saturated rings. The summed E-state index contributed by atoms with van der Waals surface area (Å²) in [6, 6.07) is 6.20. The van der Waals surface area contributed by atoms with Crippen LogP contribution >= 0.6 is 34.5 Å². The highest BCUT2D eigenvalue weighted by molar-refractivity contribution is 7.91. The molecule has 1 aliphatic heterocycles. The lowest BCUT2D eigenvalue weighted by Gasteiger charge is -2.33. The van der Waals surface area contributed by atoms with Crippen LogP contribution in [0.4, 0.5) is 0 Å². The molecule has 1 saturated heterocycles. The first-order valence-electron chi connectivity index (χ1n) is 9.33. The van der Waals surface area contributed by atoms with Crippen molar-refractivity contribution in [2.24, 2.45) is 0 Å². The Morgan fingerprint density at radius 2 is 1.87 bits per heavy atom. The number of amides is 1. The van der Waals surface area contributed by atoms with E-state index in [2.05, 4.69) is 0 Å². The zero-order valence-corrected chi connectivity index (χ0v) is 19.7. The molecule has 0 atom stereocenters. The Kier molecular flexibility index (Phi) is 7.52. The van der Waals surface area contributed by atoms with Gasteiger partial charge in [-0.25, -0.2) is 8.42 Å². The van der Waals surface area contributed by atoms with E-state index in [4.69, 9.17) is 32.7 Å². The molecule has 30 heavy (non-hydrogen) atoms. The highest BCUT2D eigenvalue weighted by atomic mass is 35.5. The summed E-state index contributed by atoms with van der Waals surface area (Å²) in [7, 11) is -2.13. The fraction of sp³-hybridized carbons (Fsp3) is 0.421. The van der Waals surface area contributed by atoms with Crippen LogP contribution < -0.4 is 9.47 Å². The van der Waals surface area contributed by atoms with Gasteiger partial charge in [0.15, 0.2) is 11.5 Å². The Hall–Kier alpha value is -1.52. The molecule has 1 amide bonds. The third kappa shape index (κ3) is 4.86. The molecule has 1 aliphatic rings. The van der Waals surface area contributed by atoms with Gasteiger partial charge in [-0.1, -0.05) is 30.1 Å². The van der Waals surface area contributed by atoms with Crippen LogP contribution in [0, 0.1) is 0 Å². The second kappa shape index (κ2) is 9.74. The largest absolute Gasteiger partial charge is 0.493 e. The maximum Gasteiger partial charge on any atom is 0.254 e. The quantitative estimate of drug-likeness (QED) is 0.583. The smallest absolute Gasteiger partial charge is 0.254 e. The van der Waals surface area contributed by atoms with Gasteiger partial charge in [0, 0.05) is 31.7 Å². The average Bonchev–Trinajstić information content (AvgIpc) is 3.19. The minimum atomic E-state index is -3.62. The van der Waals surface area contributed by atoms with Crippen molar-refractivity contribution < 1.29 is 22.7 Å². The number of benzene rings is 1. The predicted molar refractivity (Wildman–Crippen MR) is 118 cm³/mol. The van der Waals surface area contributed by atoms with Crippen molar-refractivity contribution in [2.75, 3.05) is 39.9 Å². The van der Waals surface area contributed by atoms with E-state index in [-0.39, 0.29) is 36.3 Å². The van der Waals surface area contributed by atoms with Crippen LogP contribution in [0.5, 0.6) is 11.5 Å². The molecule has 0 radical (unpaired) electrons. The van der Waals surface area contributed by atoms with Crippen molar-refractivity contribution >= 4 is 50.5 Å². The van der Waals surface area contributed by atoms with E-state index < -0.39 is 10.0 Å². The molecule has 0 unspecified atom stereocenters. The summed E-state index contributed by atoms with van der Waals surface area (Å²) >= 11 is 13.2. The third-order valence-corrected chi connectivity index (χ3v) is 8.47. The first kappa shape index (κ1) is 23.1. The molecule has 0 N–H and O–H groups in total. The van der Waals surface area contributed by atoms with Gasteiger partial charge < -0.3 is 14.4 Å². The van der Waals surface area contributed by atoms with Crippen LogP contribution in [0.2, 0.25) is 9.36 Å². The molecule has 0 spiro atoms. The van der Waals surface area contributed by atoms with Crippen LogP contribution in [0.15, 0.2) is 28.5 Å². The van der Waals surface area contributed by atoms with Crippen molar-refractivity contribution in [3.05, 3.63) is 39.2 Å². The highest BCUT2D eigenvalue weighted by Crippen LogP contribution is 2.37. The first-order valence-corrected chi connectivity index (χ1v) is 12.3. The van der Waals surface area contributed by atoms with Gasteiger partial charge in [-0.15, -0.1) is 11.3 Å².